The molecule has 0 aliphatic carbocycles. The van der Waals surface area contributed by atoms with Crippen LogP contribution in [0.3, 0.4) is 0 Å². The van der Waals surface area contributed by atoms with Gasteiger partial charge in [0.05, 0.1) is 0 Å². The minimum absolute atomic E-state index is 0.501. The Balaban J connectivity index is 3.67. The second kappa shape index (κ2) is 8.57. The van der Waals surface area contributed by atoms with Crippen LogP contribution in [0.2, 0.25) is 0 Å². The van der Waals surface area contributed by atoms with Crippen molar-refractivity contribution in [2.45, 2.75) is 53.0 Å². The Labute approximate surface area is 94.7 Å². The lowest BCUT2D eigenvalue weighted by Crippen LogP contribution is -2.42. The molecule has 0 aromatic carbocycles. The third-order valence-corrected chi connectivity index (χ3v) is 2.37. The van der Waals surface area contributed by atoms with Crippen molar-refractivity contribution in [3.63, 3.8) is 0 Å². The number of nitrogens with one attached hydrogen (secondary N) is 2. The van der Waals surface area contributed by atoms with E-state index in [-0.39, 0.29) is 0 Å². The van der Waals surface area contributed by atoms with E-state index in [0.29, 0.717) is 6.04 Å². The fraction of sp³-hybridized carbons (Fsp3) is 0.917. The van der Waals surface area contributed by atoms with Crippen molar-refractivity contribution in [3.05, 3.63) is 0 Å². The third kappa shape index (κ3) is 8.28. The fourth-order valence-corrected chi connectivity index (χ4v) is 1.50. The lowest BCUT2D eigenvalue weighted by molar-refractivity contribution is 0.492. The van der Waals surface area contributed by atoms with E-state index in [1.807, 2.05) is 7.05 Å². The van der Waals surface area contributed by atoms with Crippen LogP contribution in [0.4, 0.5) is 0 Å². The van der Waals surface area contributed by atoms with E-state index in [1.165, 1.54) is 19.3 Å². The van der Waals surface area contributed by atoms with Gasteiger partial charge in [0.25, 0.3) is 0 Å². The first-order valence-electron chi connectivity index (χ1n) is 6.07. The monoisotopic (exact) mass is 213 g/mol. The second-order valence-corrected chi connectivity index (χ2v) is 4.47. The van der Waals surface area contributed by atoms with Gasteiger partial charge in [-0.25, -0.2) is 0 Å². The van der Waals surface area contributed by atoms with Crippen LogP contribution >= 0.6 is 0 Å². The maximum absolute atomic E-state index is 4.16. The van der Waals surface area contributed by atoms with E-state index in [0.717, 1.165) is 18.4 Å². The van der Waals surface area contributed by atoms with Crippen LogP contribution < -0.4 is 10.6 Å². The summed E-state index contributed by atoms with van der Waals surface area (Å²) in [5, 5.41) is 6.58. The largest absolute Gasteiger partial charge is 0.357 e. The minimum atomic E-state index is 0.501. The predicted molar refractivity (Wildman–Crippen MR) is 68.3 cm³/mol. The topological polar surface area (TPSA) is 36.4 Å². The molecule has 1 atom stereocenters. The average Bonchev–Trinajstić information content (AvgIpc) is 2.16. The maximum Gasteiger partial charge on any atom is 0.191 e. The molecule has 0 heterocycles. The van der Waals surface area contributed by atoms with Crippen molar-refractivity contribution in [1.82, 2.24) is 10.6 Å². The SMILES string of the molecule is CCNC(=NC)NC(C)CCCC(C)C. The smallest absolute Gasteiger partial charge is 0.191 e. The molecule has 0 saturated heterocycles. The molecule has 0 rings (SSSR count). The zero-order valence-corrected chi connectivity index (χ0v) is 10.9. The van der Waals surface area contributed by atoms with Crippen LogP contribution in [0.5, 0.6) is 0 Å². The van der Waals surface area contributed by atoms with Crippen molar-refractivity contribution in [1.29, 1.82) is 0 Å². The number of aliphatic imine (C=N–C) groups is 1. The molecule has 2 N–H and O–H groups in total. The first-order chi connectivity index (χ1) is 7.10. The standard InChI is InChI=1S/C12H27N3/c1-6-14-12(13-5)15-11(4)9-7-8-10(2)3/h10-11H,6-9H2,1-5H3,(H2,13,14,15). The van der Waals surface area contributed by atoms with Gasteiger partial charge in [-0.1, -0.05) is 26.7 Å². The number of hydrogen-bond donors (Lipinski definition) is 2. The molecule has 0 aromatic heterocycles. The molecule has 0 radical (unpaired) electrons. The molecule has 3 nitrogen and oxygen atoms in total. The lowest BCUT2D eigenvalue weighted by atomic mass is 10.0. The Kier molecular flexibility index (Phi) is 8.15. The zero-order valence-electron chi connectivity index (χ0n) is 10.9. The molecule has 15 heavy (non-hydrogen) atoms. The van der Waals surface area contributed by atoms with Gasteiger partial charge in [-0.05, 0) is 26.2 Å². The molecule has 0 aromatic rings. The number of nitrogens with zero attached hydrogens (tertiary/aromatic N) is 1. The Morgan fingerprint density at radius 3 is 2.33 bits per heavy atom. The van der Waals surface area contributed by atoms with E-state index in [4.69, 9.17) is 0 Å². The molecule has 0 spiro atoms. The van der Waals surface area contributed by atoms with Crippen molar-refractivity contribution >= 4 is 5.96 Å². The van der Waals surface area contributed by atoms with Crippen LogP contribution in [-0.4, -0.2) is 25.6 Å². The summed E-state index contributed by atoms with van der Waals surface area (Å²) in [5.74, 6) is 1.72. The summed E-state index contributed by atoms with van der Waals surface area (Å²) in [6, 6.07) is 0.501. The van der Waals surface area contributed by atoms with Crippen molar-refractivity contribution in [2.24, 2.45) is 10.9 Å². The highest BCUT2D eigenvalue weighted by atomic mass is 15.2. The average molecular weight is 213 g/mol. The molecular formula is C12H27N3. The highest BCUT2D eigenvalue weighted by molar-refractivity contribution is 5.79. The first-order valence-corrected chi connectivity index (χ1v) is 6.07. The van der Waals surface area contributed by atoms with Gasteiger partial charge in [-0.3, -0.25) is 4.99 Å². The molecule has 1 unspecified atom stereocenters. The van der Waals surface area contributed by atoms with Crippen LogP contribution in [0.1, 0.15) is 47.0 Å². The molecular weight excluding hydrogens is 186 g/mol. The van der Waals surface area contributed by atoms with Crippen LogP contribution in [0, 0.1) is 5.92 Å². The van der Waals surface area contributed by atoms with Gasteiger partial charge < -0.3 is 10.6 Å². The summed E-state index contributed by atoms with van der Waals surface area (Å²) in [5.41, 5.74) is 0. The van der Waals surface area contributed by atoms with Gasteiger partial charge in [0.2, 0.25) is 0 Å². The van der Waals surface area contributed by atoms with Crippen molar-refractivity contribution in [2.75, 3.05) is 13.6 Å². The van der Waals surface area contributed by atoms with Crippen LogP contribution in [0.15, 0.2) is 4.99 Å². The Morgan fingerprint density at radius 2 is 1.87 bits per heavy atom. The number of guanidine groups is 1. The van der Waals surface area contributed by atoms with Crippen LogP contribution in [-0.2, 0) is 0 Å². The molecule has 0 amide bonds. The van der Waals surface area contributed by atoms with Gasteiger partial charge in [-0.2, -0.15) is 0 Å². The highest BCUT2D eigenvalue weighted by Gasteiger charge is 2.04. The Hall–Kier alpha value is -0.730. The summed E-state index contributed by atoms with van der Waals surface area (Å²) >= 11 is 0. The maximum atomic E-state index is 4.16. The Morgan fingerprint density at radius 1 is 1.20 bits per heavy atom. The summed E-state index contributed by atoms with van der Waals surface area (Å²) in [6.07, 6.45) is 3.81. The van der Waals surface area contributed by atoms with E-state index < -0.39 is 0 Å². The van der Waals surface area contributed by atoms with E-state index >= 15 is 0 Å². The van der Waals surface area contributed by atoms with Gasteiger partial charge in [0, 0.05) is 19.6 Å². The summed E-state index contributed by atoms with van der Waals surface area (Å²) in [7, 11) is 1.81. The highest BCUT2D eigenvalue weighted by Crippen LogP contribution is 2.07. The first kappa shape index (κ1) is 14.3. The zero-order chi connectivity index (χ0) is 11.7. The van der Waals surface area contributed by atoms with E-state index in [9.17, 15) is 0 Å². The van der Waals surface area contributed by atoms with E-state index in [2.05, 4.69) is 43.3 Å². The summed E-state index contributed by atoms with van der Waals surface area (Å²) in [6.45, 7) is 9.75. The molecule has 0 saturated carbocycles. The van der Waals surface area contributed by atoms with Gasteiger partial charge >= 0.3 is 0 Å². The molecule has 3 heteroatoms. The van der Waals surface area contributed by atoms with Crippen molar-refractivity contribution < 1.29 is 0 Å². The Bertz CT molecular complexity index is 176. The molecule has 0 fully saturated rings. The van der Waals surface area contributed by atoms with Crippen molar-refractivity contribution in [3.8, 4) is 0 Å². The summed E-state index contributed by atoms with van der Waals surface area (Å²) < 4.78 is 0. The normalized spacial score (nSPS) is 14.1. The molecule has 0 aliphatic heterocycles. The minimum Gasteiger partial charge on any atom is -0.357 e. The third-order valence-electron chi connectivity index (χ3n) is 2.37. The summed E-state index contributed by atoms with van der Waals surface area (Å²) in [4.78, 5) is 4.16. The number of hydrogen-bond acceptors (Lipinski definition) is 1. The fourth-order valence-electron chi connectivity index (χ4n) is 1.50. The van der Waals surface area contributed by atoms with E-state index in [1.54, 1.807) is 0 Å². The predicted octanol–water partition coefficient (Wildman–Crippen LogP) is 2.39. The molecule has 90 valence electrons. The molecule has 0 aliphatic rings. The van der Waals surface area contributed by atoms with Crippen LogP contribution in [0.25, 0.3) is 0 Å². The lowest BCUT2D eigenvalue weighted by Gasteiger charge is -2.17. The van der Waals surface area contributed by atoms with Gasteiger partial charge in [-0.15, -0.1) is 0 Å². The van der Waals surface area contributed by atoms with Gasteiger partial charge in [0.15, 0.2) is 5.96 Å². The van der Waals surface area contributed by atoms with Gasteiger partial charge in [0.1, 0.15) is 0 Å². The number of rotatable bonds is 6. The molecule has 0 bridgehead atoms. The second-order valence-electron chi connectivity index (χ2n) is 4.47. The quantitative estimate of drug-likeness (QED) is 0.525.